The summed E-state index contributed by atoms with van der Waals surface area (Å²) in [5.74, 6) is -1.06. The number of carbonyl (C=O) groups is 2. The third-order valence-electron chi connectivity index (χ3n) is 6.71. The van der Waals surface area contributed by atoms with Gasteiger partial charge in [0.1, 0.15) is 18.3 Å². The molecule has 1 heterocycles. The van der Waals surface area contributed by atoms with E-state index in [0.717, 1.165) is 19.3 Å². The molecule has 53 heavy (non-hydrogen) atoms. The molecule has 0 radical (unpaired) electrons. The number of nitrogens with zero attached hydrogens (tertiary/aromatic N) is 1. The Balaban J connectivity index is 2.83. The van der Waals surface area contributed by atoms with Gasteiger partial charge in [-0.3, -0.25) is 32.4 Å². The molecule has 5 atom stereocenters. The van der Waals surface area contributed by atoms with E-state index in [4.69, 9.17) is 18.6 Å². The van der Waals surface area contributed by atoms with E-state index >= 15 is 0 Å². The van der Waals surface area contributed by atoms with E-state index in [1.54, 1.807) is 6.92 Å². The first-order chi connectivity index (χ1) is 24.2. The molecule has 0 aliphatic carbocycles. The molecule has 0 aromatic rings. The molecule has 0 unspecified atom stereocenters. The number of hydrogen-bond acceptors (Lipinski definition) is 19. The molecule has 26 nitrogen and oxygen atoms in total. The van der Waals surface area contributed by atoms with Gasteiger partial charge in [0.15, 0.2) is 12.4 Å². The van der Waals surface area contributed by atoms with Crippen molar-refractivity contribution >= 4 is 63.8 Å². The lowest BCUT2D eigenvalue weighted by molar-refractivity contribution is -0.285. The number of nitrogens with one attached hydrogen (secondary N) is 1. The highest BCUT2D eigenvalue weighted by Gasteiger charge is 2.54. The molecule has 2 amide bonds. The molecule has 314 valence electrons. The fourth-order valence-corrected chi connectivity index (χ4v) is 6.73. The quantitative estimate of drug-likeness (QED) is 0.0384. The van der Waals surface area contributed by atoms with Gasteiger partial charge in [-0.25, -0.2) is 20.9 Å². The zero-order valence-electron chi connectivity index (χ0n) is 27.8. The second kappa shape index (κ2) is 22.1. The highest BCUT2D eigenvalue weighted by atomic mass is 32.3. The molecule has 0 bridgehead atoms. The van der Waals surface area contributed by atoms with Gasteiger partial charge >= 0.3 is 52.0 Å². The first-order valence-corrected chi connectivity index (χ1v) is 22.0. The Labute approximate surface area is 306 Å². The number of ether oxygens (including phenoxy) is 2. The number of hydrogen-bond donors (Lipinski definition) is 6. The van der Waals surface area contributed by atoms with Gasteiger partial charge in [0.25, 0.3) is 0 Å². The molecule has 0 aromatic heterocycles. The Bertz CT molecular complexity index is 1720. The third-order valence-corrected chi connectivity index (χ3v) is 9.01. The summed E-state index contributed by atoms with van der Waals surface area (Å²) in [7, 11) is -26.8. The van der Waals surface area contributed by atoms with E-state index in [1.165, 1.54) is 4.90 Å². The fraction of sp³-hybridized carbons (Fsp3) is 0.909. The lowest BCUT2D eigenvalue weighted by Gasteiger charge is -2.43. The number of likely N-dealkylation sites (N-methyl/N-ethyl adjacent to an activating group) is 1. The number of rotatable bonds is 27. The van der Waals surface area contributed by atoms with Crippen LogP contribution in [-0.2, 0) is 92.0 Å². The van der Waals surface area contributed by atoms with Gasteiger partial charge in [-0.1, -0.05) is 32.1 Å². The molecule has 1 saturated heterocycles. The average Bonchev–Trinajstić information content (AvgIpc) is 2.97. The maximum Gasteiger partial charge on any atom is 0.397 e. The van der Waals surface area contributed by atoms with Gasteiger partial charge in [0.05, 0.1) is 26.4 Å². The van der Waals surface area contributed by atoms with Crippen LogP contribution in [0.5, 0.6) is 0 Å². The van der Waals surface area contributed by atoms with Crippen molar-refractivity contribution in [3.63, 3.8) is 0 Å². The van der Waals surface area contributed by atoms with Crippen molar-refractivity contribution in [1.82, 2.24) is 10.2 Å². The maximum atomic E-state index is 12.6. The van der Waals surface area contributed by atoms with Crippen LogP contribution in [0.2, 0.25) is 0 Å². The minimum Gasteiger partial charge on any atom is -0.352 e. The predicted octanol–water partition coefficient (Wildman–Crippen LogP) is -1.98. The molecule has 1 aliphatic rings. The third kappa shape index (κ3) is 23.7. The van der Waals surface area contributed by atoms with Gasteiger partial charge in [-0.2, -0.15) is 42.1 Å². The van der Waals surface area contributed by atoms with Crippen LogP contribution in [0.1, 0.15) is 58.3 Å². The summed E-state index contributed by atoms with van der Waals surface area (Å²) < 4.78 is 189. The van der Waals surface area contributed by atoms with Gasteiger partial charge in [0, 0.05) is 19.5 Å². The maximum absolute atomic E-state index is 12.6. The van der Waals surface area contributed by atoms with Crippen molar-refractivity contribution in [2.75, 3.05) is 39.5 Å². The van der Waals surface area contributed by atoms with Crippen molar-refractivity contribution < 1.29 is 105 Å². The zero-order valence-corrected chi connectivity index (χ0v) is 31.8. The first kappa shape index (κ1) is 49.2. The van der Waals surface area contributed by atoms with Crippen LogP contribution in [0, 0.1) is 0 Å². The molecule has 0 saturated carbocycles. The molecule has 1 fully saturated rings. The average molecular weight is 879 g/mol. The van der Waals surface area contributed by atoms with Crippen LogP contribution in [0.3, 0.4) is 0 Å². The number of carbonyl (C=O) groups excluding carboxylic acids is 2. The summed E-state index contributed by atoms with van der Waals surface area (Å²) in [5.41, 5.74) is 0. The summed E-state index contributed by atoms with van der Waals surface area (Å²) >= 11 is 0. The summed E-state index contributed by atoms with van der Waals surface area (Å²) in [4.78, 5) is 26.4. The highest BCUT2D eigenvalue weighted by Crippen LogP contribution is 2.32. The zero-order chi connectivity index (χ0) is 40.7. The largest absolute Gasteiger partial charge is 0.397 e. The number of unbranched alkanes of at least 4 members (excludes halogenated alkanes) is 6. The first-order valence-electron chi connectivity index (χ1n) is 15.2. The van der Waals surface area contributed by atoms with E-state index in [0.29, 0.717) is 25.7 Å². The van der Waals surface area contributed by atoms with Gasteiger partial charge in [-0.05, 0) is 19.8 Å². The molecule has 0 aromatic carbocycles. The molecule has 1 aliphatic heterocycles. The molecule has 6 N–H and O–H groups in total. The molecule has 1 rings (SSSR count). The fourth-order valence-electron chi connectivity index (χ4n) is 4.61. The second-order valence-electron chi connectivity index (χ2n) is 10.8. The highest BCUT2D eigenvalue weighted by molar-refractivity contribution is 7.81. The van der Waals surface area contributed by atoms with Crippen LogP contribution in [0.4, 0.5) is 0 Å². The summed E-state index contributed by atoms with van der Waals surface area (Å²) in [6, 6.07) is 0. The topological polar surface area (TPSA) is 386 Å². The van der Waals surface area contributed by atoms with Crippen LogP contribution in [0.15, 0.2) is 0 Å². The van der Waals surface area contributed by atoms with Crippen LogP contribution in [0.25, 0.3) is 0 Å². The van der Waals surface area contributed by atoms with Gasteiger partial charge in [0.2, 0.25) is 11.8 Å². The monoisotopic (exact) mass is 878 g/mol. The second-order valence-corrected chi connectivity index (χ2v) is 16.2. The van der Waals surface area contributed by atoms with Crippen molar-refractivity contribution in [3.8, 4) is 0 Å². The van der Waals surface area contributed by atoms with E-state index in [9.17, 15) is 65.3 Å². The Hall–Kier alpha value is -1.79. The van der Waals surface area contributed by atoms with Crippen LogP contribution < -0.4 is 5.32 Å². The van der Waals surface area contributed by atoms with Gasteiger partial charge in [-0.15, -0.1) is 0 Å². The van der Waals surface area contributed by atoms with E-state index < -0.39 is 115 Å². The lowest BCUT2D eigenvalue weighted by Crippen LogP contribution is -2.63. The number of amides is 2. The minimum absolute atomic E-state index is 0.123. The summed E-state index contributed by atoms with van der Waals surface area (Å²) in [5, 5.41) is 2.34. The summed E-state index contributed by atoms with van der Waals surface area (Å²) in [6.07, 6.45) is -7.82. The summed E-state index contributed by atoms with van der Waals surface area (Å²) in [6.45, 7) is -1.39. The standard InChI is InChI=1S/C22H42N2O24S5/c1-2-24(18(26)10-8-6-4-3-5-7-9-12-43-49(27,28)29)14-17(25)23-11-13-42-22-21(48-53(39,40)41)20(47-52(36,37)38)19(46-51(33,34)35)16(45-22)15-44-50(30,31)32/h16,19-22H,2-15H2,1H3,(H,23,25)(H,27,28,29)(H,30,31,32)(H,33,34,35)(H,36,37,38)(H,39,40,41)/t16-,19-,20+,21+,22+/m1/s1. The SMILES string of the molecule is CCN(CC(=O)NCCO[C@H]1O[C@H](COS(=O)(=O)O)[C@@H](OS(=O)(=O)O)[C@H](OS(=O)(=O)O)[C@@H]1OS(=O)(=O)O)C(=O)CCCCCCCCCOS(=O)(=O)O. The predicted molar refractivity (Wildman–Crippen MR) is 171 cm³/mol. The normalized spacial score (nSPS) is 21.7. The van der Waals surface area contributed by atoms with E-state index in [1.807, 2.05) is 0 Å². The van der Waals surface area contributed by atoms with Crippen LogP contribution >= 0.6 is 0 Å². The molecular formula is C22H42N2O24S5. The molecular weight excluding hydrogens is 837 g/mol. The lowest BCUT2D eigenvalue weighted by atomic mass is 9.99. The Morgan fingerprint density at radius 1 is 0.642 bits per heavy atom. The van der Waals surface area contributed by atoms with E-state index in [2.05, 4.69) is 26.2 Å². The molecule has 0 spiro atoms. The van der Waals surface area contributed by atoms with Crippen molar-refractivity contribution in [3.05, 3.63) is 0 Å². The van der Waals surface area contributed by atoms with Crippen molar-refractivity contribution in [1.29, 1.82) is 0 Å². The van der Waals surface area contributed by atoms with E-state index in [-0.39, 0.29) is 25.5 Å². The molecule has 31 heteroatoms. The van der Waals surface area contributed by atoms with Crippen LogP contribution in [-0.4, -0.2) is 152 Å². The smallest absolute Gasteiger partial charge is 0.352 e. The van der Waals surface area contributed by atoms with Crippen molar-refractivity contribution in [2.45, 2.75) is 89.0 Å². The van der Waals surface area contributed by atoms with Gasteiger partial charge < -0.3 is 19.7 Å². The Morgan fingerprint density at radius 3 is 1.64 bits per heavy atom. The minimum atomic E-state index is -5.71. The Kier molecular flexibility index (Phi) is 20.5. The Morgan fingerprint density at radius 2 is 1.13 bits per heavy atom. The van der Waals surface area contributed by atoms with Crippen molar-refractivity contribution in [2.24, 2.45) is 0 Å².